The molecular formula is C52H34. The zero-order valence-corrected chi connectivity index (χ0v) is 28.6. The molecule has 0 saturated heterocycles. The molecule has 0 heteroatoms. The second kappa shape index (κ2) is 12.5. The van der Waals surface area contributed by atoms with Crippen molar-refractivity contribution in [1.29, 1.82) is 0 Å². The Morgan fingerprint density at radius 2 is 0.654 bits per heavy atom. The highest BCUT2D eigenvalue weighted by Crippen LogP contribution is 2.45. The highest BCUT2D eigenvalue weighted by atomic mass is 14.2. The Kier molecular flexibility index (Phi) is 7.25. The fourth-order valence-electron chi connectivity index (χ4n) is 8.10. The zero-order valence-electron chi connectivity index (χ0n) is 28.6. The molecule has 10 aromatic rings. The number of fused-ring (bicyclic) bond motifs is 4. The Morgan fingerprint density at radius 1 is 0.192 bits per heavy atom. The highest BCUT2D eigenvalue weighted by molar-refractivity contribution is 6.22. The monoisotopic (exact) mass is 658 g/mol. The van der Waals surface area contributed by atoms with Gasteiger partial charge in [-0.2, -0.15) is 0 Å². The van der Waals surface area contributed by atoms with E-state index in [4.69, 9.17) is 0 Å². The molecule has 0 aromatic heterocycles. The minimum Gasteiger partial charge on any atom is -0.0622 e. The number of rotatable bonds is 5. The van der Waals surface area contributed by atoms with Gasteiger partial charge in [-0.05, 0) is 111 Å². The molecule has 0 fully saturated rings. The van der Waals surface area contributed by atoms with E-state index in [1.165, 1.54) is 98.7 Å². The normalized spacial score (nSPS) is 11.5. The molecule has 0 heterocycles. The first kappa shape index (κ1) is 30.1. The maximum absolute atomic E-state index is 2.42. The SMILES string of the molecule is c1ccc(-c2ccc(-c3c4ccccc4c(-c4ccc(-c5cccc6ccccc56)cc4)c4ccc(-c5ccc6ccccc6c5)cc34)cc2)cc1. The van der Waals surface area contributed by atoms with Crippen molar-refractivity contribution in [2.45, 2.75) is 0 Å². The molecule has 0 nitrogen and oxygen atoms in total. The predicted octanol–water partition coefficient (Wildman–Crippen LogP) is 14.6. The number of hydrogen-bond acceptors (Lipinski definition) is 0. The number of hydrogen-bond donors (Lipinski definition) is 0. The minimum atomic E-state index is 1.22. The molecule has 52 heavy (non-hydrogen) atoms. The lowest BCUT2D eigenvalue weighted by Gasteiger charge is -2.19. The van der Waals surface area contributed by atoms with Crippen LogP contribution in [0.25, 0.3) is 98.7 Å². The molecule has 10 rings (SSSR count). The van der Waals surface area contributed by atoms with Crippen LogP contribution in [0.4, 0.5) is 0 Å². The van der Waals surface area contributed by atoms with Gasteiger partial charge in [0.1, 0.15) is 0 Å². The van der Waals surface area contributed by atoms with Crippen LogP contribution in [0, 0.1) is 0 Å². The Balaban J connectivity index is 1.20. The third-order valence-electron chi connectivity index (χ3n) is 10.7. The van der Waals surface area contributed by atoms with E-state index >= 15 is 0 Å². The van der Waals surface area contributed by atoms with Crippen LogP contribution < -0.4 is 0 Å². The largest absolute Gasteiger partial charge is 0.0622 e. The standard InChI is InChI=1S/C52H34/c1-2-11-35(12-3-1)37-21-26-41(27-22-37)52-48-19-9-8-18-47(48)51(40-28-24-39(25-29-40)46-20-10-16-38-14-6-7-17-45(38)46)49-32-31-44(34-50(49)52)43-30-23-36-13-4-5-15-42(36)33-43/h1-34H. The Hall–Kier alpha value is -6.76. The third-order valence-corrected chi connectivity index (χ3v) is 10.7. The number of benzene rings is 10. The molecule has 242 valence electrons. The van der Waals surface area contributed by atoms with Crippen LogP contribution in [0.3, 0.4) is 0 Å². The Bertz CT molecular complexity index is 2910. The fourth-order valence-corrected chi connectivity index (χ4v) is 8.10. The summed E-state index contributed by atoms with van der Waals surface area (Å²) in [5.74, 6) is 0. The molecule has 0 N–H and O–H groups in total. The molecule has 0 radical (unpaired) electrons. The van der Waals surface area contributed by atoms with Crippen LogP contribution in [-0.2, 0) is 0 Å². The molecule has 0 unspecified atom stereocenters. The second-order valence-corrected chi connectivity index (χ2v) is 13.7. The average molecular weight is 659 g/mol. The van der Waals surface area contributed by atoms with Gasteiger partial charge in [-0.15, -0.1) is 0 Å². The van der Waals surface area contributed by atoms with Gasteiger partial charge in [0.05, 0.1) is 0 Å². The van der Waals surface area contributed by atoms with E-state index < -0.39 is 0 Å². The van der Waals surface area contributed by atoms with Crippen LogP contribution in [0.2, 0.25) is 0 Å². The van der Waals surface area contributed by atoms with Crippen molar-refractivity contribution in [1.82, 2.24) is 0 Å². The predicted molar refractivity (Wildman–Crippen MR) is 224 cm³/mol. The van der Waals surface area contributed by atoms with Crippen LogP contribution >= 0.6 is 0 Å². The average Bonchev–Trinajstić information content (AvgIpc) is 3.22. The van der Waals surface area contributed by atoms with Gasteiger partial charge >= 0.3 is 0 Å². The summed E-state index contributed by atoms with van der Waals surface area (Å²) in [6.45, 7) is 0. The Morgan fingerprint density at radius 3 is 1.38 bits per heavy atom. The quantitative estimate of drug-likeness (QED) is 0.161. The van der Waals surface area contributed by atoms with Gasteiger partial charge in [-0.3, -0.25) is 0 Å². The van der Waals surface area contributed by atoms with Gasteiger partial charge in [-0.1, -0.05) is 194 Å². The van der Waals surface area contributed by atoms with Gasteiger partial charge in [0.15, 0.2) is 0 Å². The summed E-state index contributed by atoms with van der Waals surface area (Å²) in [6, 6.07) is 75.6. The van der Waals surface area contributed by atoms with Gasteiger partial charge in [0.2, 0.25) is 0 Å². The van der Waals surface area contributed by atoms with Gasteiger partial charge in [0, 0.05) is 0 Å². The van der Waals surface area contributed by atoms with Crippen molar-refractivity contribution in [2.24, 2.45) is 0 Å². The van der Waals surface area contributed by atoms with Crippen LogP contribution in [0.15, 0.2) is 206 Å². The van der Waals surface area contributed by atoms with Crippen molar-refractivity contribution in [3.8, 4) is 55.6 Å². The summed E-state index contributed by atoms with van der Waals surface area (Å²) in [5.41, 5.74) is 12.3. The van der Waals surface area contributed by atoms with E-state index in [1.54, 1.807) is 0 Å². The molecule has 0 atom stereocenters. The molecule has 0 amide bonds. The van der Waals surface area contributed by atoms with Crippen molar-refractivity contribution in [3.05, 3.63) is 206 Å². The Labute approximate surface area is 303 Å². The molecule has 0 saturated carbocycles. The van der Waals surface area contributed by atoms with Crippen molar-refractivity contribution in [2.75, 3.05) is 0 Å². The van der Waals surface area contributed by atoms with Crippen molar-refractivity contribution in [3.63, 3.8) is 0 Å². The van der Waals surface area contributed by atoms with Gasteiger partial charge < -0.3 is 0 Å². The lowest BCUT2D eigenvalue weighted by molar-refractivity contribution is 1.61. The molecule has 0 bridgehead atoms. The topological polar surface area (TPSA) is 0 Å². The summed E-state index contributed by atoms with van der Waals surface area (Å²) >= 11 is 0. The maximum Gasteiger partial charge on any atom is -0.00261 e. The van der Waals surface area contributed by atoms with Gasteiger partial charge in [0.25, 0.3) is 0 Å². The molecule has 10 aromatic carbocycles. The van der Waals surface area contributed by atoms with Crippen molar-refractivity contribution >= 4 is 43.1 Å². The summed E-state index contributed by atoms with van der Waals surface area (Å²) in [6.07, 6.45) is 0. The smallest absolute Gasteiger partial charge is 0.00261 e. The maximum atomic E-state index is 2.42. The van der Waals surface area contributed by atoms with Crippen LogP contribution in [0.1, 0.15) is 0 Å². The molecule has 0 spiro atoms. The summed E-state index contributed by atoms with van der Waals surface area (Å²) in [4.78, 5) is 0. The van der Waals surface area contributed by atoms with Crippen molar-refractivity contribution < 1.29 is 0 Å². The molecule has 0 aliphatic heterocycles. The highest BCUT2D eigenvalue weighted by Gasteiger charge is 2.18. The van der Waals surface area contributed by atoms with E-state index in [2.05, 4.69) is 206 Å². The van der Waals surface area contributed by atoms with E-state index in [0.717, 1.165) is 0 Å². The lowest BCUT2D eigenvalue weighted by Crippen LogP contribution is -1.92. The first-order valence-electron chi connectivity index (χ1n) is 18.0. The second-order valence-electron chi connectivity index (χ2n) is 13.7. The lowest BCUT2D eigenvalue weighted by atomic mass is 9.84. The van der Waals surface area contributed by atoms with Gasteiger partial charge in [-0.25, -0.2) is 0 Å². The summed E-state index contributed by atoms with van der Waals surface area (Å²) < 4.78 is 0. The minimum absolute atomic E-state index is 1.22. The van der Waals surface area contributed by atoms with Crippen LogP contribution in [0.5, 0.6) is 0 Å². The molecule has 0 aliphatic rings. The first-order chi connectivity index (χ1) is 25.8. The van der Waals surface area contributed by atoms with Crippen LogP contribution in [-0.4, -0.2) is 0 Å². The van der Waals surface area contributed by atoms with E-state index in [0.29, 0.717) is 0 Å². The zero-order chi connectivity index (χ0) is 34.4. The molecular weight excluding hydrogens is 625 g/mol. The summed E-state index contributed by atoms with van der Waals surface area (Å²) in [7, 11) is 0. The first-order valence-corrected chi connectivity index (χ1v) is 18.0. The van der Waals surface area contributed by atoms with E-state index in [-0.39, 0.29) is 0 Å². The summed E-state index contributed by atoms with van der Waals surface area (Å²) in [5, 5.41) is 10.1. The fraction of sp³-hybridized carbons (Fsp3) is 0. The molecule has 0 aliphatic carbocycles. The van der Waals surface area contributed by atoms with E-state index in [9.17, 15) is 0 Å². The third kappa shape index (κ3) is 5.16. The van der Waals surface area contributed by atoms with E-state index in [1.807, 2.05) is 0 Å².